The molecule has 0 aliphatic carbocycles. The molecule has 0 aliphatic heterocycles. The second-order valence-corrected chi connectivity index (χ2v) is 5.79. The van der Waals surface area contributed by atoms with E-state index in [1.54, 1.807) is 30.1 Å². The Labute approximate surface area is 132 Å². The fourth-order valence-electron chi connectivity index (χ4n) is 1.93. The third kappa shape index (κ3) is 3.12. The van der Waals surface area contributed by atoms with E-state index in [-0.39, 0.29) is 11.7 Å². The molecule has 1 N–H and O–H groups in total. The highest BCUT2D eigenvalue weighted by Crippen LogP contribution is 2.23. The third-order valence-electron chi connectivity index (χ3n) is 3.23. The minimum absolute atomic E-state index is 0.00689. The summed E-state index contributed by atoms with van der Waals surface area (Å²) in [6, 6.07) is 12.9. The number of benzene rings is 2. The van der Waals surface area contributed by atoms with Crippen molar-refractivity contribution in [2.75, 3.05) is 11.9 Å². The number of anilines is 1. The number of carbonyl (C=O) groups excluding carboxylic acids is 1. The lowest BCUT2D eigenvalue weighted by molar-refractivity contribution is 0.0990. The molecule has 0 spiro atoms. The van der Waals surface area contributed by atoms with Crippen LogP contribution in [0.1, 0.15) is 22.8 Å². The van der Waals surface area contributed by atoms with Crippen LogP contribution in [0.4, 0.5) is 5.69 Å². The van der Waals surface area contributed by atoms with Gasteiger partial charge in [0.05, 0.1) is 5.56 Å². The lowest BCUT2D eigenvalue weighted by Gasteiger charge is -2.18. The van der Waals surface area contributed by atoms with Crippen molar-refractivity contribution in [2.24, 2.45) is 0 Å². The van der Waals surface area contributed by atoms with E-state index in [1.807, 2.05) is 24.3 Å². The van der Waals surface area contributed by atoms with Crippen LogP contribution in [0.15, 0.2) is 42.5 Å². The van der Waals surface area contributed by atoms with Crippen molar-refractivity contribution in [2.45, 2.75) is 13.3 Å². The molecule has 0 atom stereocenters. The predicted octanol–water partition coefficient (Wildman–Crippen LogP) is 3.84. The van der Waals surface area contributed by atoms with E-state index >= 15 is 0 Å². The standard InChI is InChI=1S/C16H16INO2/c1-3-11-4-7-13(8-5-11)18(2)16(20)14-10-12(17)6-9-15(14)19/h4-10,19H,3H2,1-2H3. The molecule has 4 heteroatoms. The Morgan fingerprint density at radius 3 is 2.45 bits per heavy atom. The molecule has 0 bridgehead atoms. The largest absolute Gasteiger partial charge is 0.507 e. The molecule has 104 valence electrons. The number of amides is 1. The number of rotatable bonds is 3. The first kappa shape index (κ1) is 14.8. The zero-order valence-electron chi connectivity index (χ0n) is 11.4. The van der Waals surface area contributed by atoms with Gasteiger partial charge in [0.1, 0.15) is 5.75 Å². The summed E-state index contributed by atoms with van der Waals surface area (Å²) in [6.45, 7) is 2.09. The number of nitrogens with zero attached hydrogens (tertiary/aromatic N) is 1. The minimum Gasteiger partial charge on any atom is -0.507 e. The topological polar surface area (TPSA) is 40.5 Å². The van der Waals surface area contributed by atoms with Crippen LogP contribution >= 0.6 is 22.6 Å². The number of phenols is 1. The van der Waals surface area contributed by atoms with Crippen LogP contribution in [0.2, 0.25) is 0 Å². The highest BCUT2D eigenvalue weighted by molar-refractivity contribution is 14.1. The predicted molar refractivity (Wildman–Crippen MR) is 89.4 cm³/mol. The van der Waals surface area contributed by atoms with Gasteiger partial charge in [0.25, 0.3) is 5.91 Å². The lowest BCUT2D eigenvalue weighted by atomic mass is 10.1. The molecule has 0 saturated carbocycles. The van der Waals surface area contributed by atoms with Crippen molar-refractivity contribution in [3.63, 3.8) is 0 Å². The van der Waals surface area contributed by atoms with Gasteiger partial charge in [-0.15, -0.1) is 0 Å². The Morgan fingerprint density at radius 2 is 1.85 bits per heavy atom. The first-order chi connectivity index (χ1) is 9.52. The van der Waals surface area contributed by atoms with Crippen molar-refractivity contribution in [3.05, 3.63) is 57.2 Å². The summed E-state index contributed by atoms with van der Waals surface area (Å²) in [4.78, 5) is 14.0. The molecule has 1 amide bonds. The Morgan fingerprint density at radius 1 is 1.20 bits per heavy atom. The van der Waals surface area contributed by atoms with E-state index in [0.29, 0.717) is 5.56 Å². The number of hydrogen-bond acceptors (Lipinski definition) is 2. The van der Waals surface area contributed by atoms with E-state index in [9.17, 15) is 9.90 Å². The normalized spacial score (nSPS) is 10.3. The molecule has 0 aliphatic rings. The summed E-state index contributed by atoms with van der Waals surface area (Å²) in [5, 5.41) is 9.83. The fraction of sp³-hybridized carbons (Fsp3) is 0.188. The molecule has 3 nitrogen and oxygen atoms in total. The fourth-order valence-corrected chi connectivity index (χ4v) is 2.42. The van der Waals surface area contributed by atoms with Crippen LogP contribution in [0.5, 0.6) is 5.75 Å². The first-order valence-electron chi connectivity index (χ1n) is 6.38. The van der Waals surface area contributed by atoms with Gasteiger partial charge in [-0.3, -0.25) is 4.79 Å². The molecule has 0 saturated heterocycles. The molecule has 2 aromatic rings. The molecular formula is C16H16INO2. The van der Waals surface area contributed by atoms with E-state index < -0.39 is 0 Å². The van der Waals surface area contributed by atoms with Gasteiger partial charge in [0.15, 0.2) is 0 Å². The monoisotopic (exact) mass is 381 g/mol. The van der Waals surface area contributed by atoms with Gasteiger partial charge in [-0.1, -0.05) is 19.1 Å². The Kier molecular flexibility index (Phi) is 4.65. The van der Waals surface area contributed by atoms with Gasteiger partial charge in [0, 0.05) is 16.3 Å². The minimum atomic E-state index is -0.217. The van der Waals surface area contributed by atoms with Crippen LogP contribution in [0, 0.1) is 3.57 Å². The number of aryl methyl sites for hydroxylation is 1. The van der Waals surface area contributed by atoms with Gasteiger partial charge >= 0.3 is 0 Å². The zero-order chi connectivity index (χ0) is 14.7. The number of carbonyl (C=O) groups is 1. The molecule has 0 radical (unpaired) electrons. The van der Waals surface area contributed by atoms with Gasteiger partial charge < -0.3 is 10.0 Å². The van der Waals surface area contributed by atoms with Crippen molar-refractivity contribution >= 4 is 34.2 Å². The molecular weight excluding hydrogens is 365 g/mol. The Bertz CT molecular complexity index is 623. The van der Waals surface area contributed by atoms with E-state index in [4.69, 9.17) is 0 Å². The molecule has 20 heavy (non-hydrogen) atoms. The summed E-state index contributed by atoms with van der Waals surface area (Å²) in [5.74, 6) is -0.210. The highest BCUT2D eigenvalue weighted by atomic mass is 127. The van der Waals surface area contributed by atoms with Gasteiger partial charge in [0.2, 0.25) is 0 Å². The maximum absolute atomic E-state index is 12.4. The molecule has 2 rings (SSSR count). The van der Waals surface area contributed by atoms with Gasteiger partial charge in [-0.25, -0.2) is 0 Å². The quantitative estimate of drug-likeness (QED) is 0.821. The SMILES string of the molecule is CCc1ccc(N(C)C(=O)c2cc(I)ccc2O)cc1. The van der Waals surface area contributed by atoms with Gasteiger partial charge in [-0.05, 0) is 64.9 Å². The Hall–Kier alpha value is -1.56. The van der Waals surface area contributed by atoms with Crippen molar-refractivity contribution < 1.29 is 9.90 Å². The molecule has 0 unspecified atom stereocenters. The number of phenolic OH excluding ortho intramolecular Hbond substituents is 1. The van der Waals surface area contributed by atoms with Crippen LogP contribution in [-0.4, -0.2) is 18.1 Å². The van der Waals surface area contributed by atoms with Crippen molar-refractivity contribution in [3.8, 4) is 5.75 Å². The highest BCUT2D eigenvalue weighted by Gasteiger charge is 2.17. The molecule has 0 heterocycles. The Balaban J connectivity index is 2.29. The first-order valence-corrected chi connectivity index (χ1v) is 7.46. The van der Waals surface area contributed by atoms with Gasteiger partial charge in [-0.2, -0.15) is 0 Å². The van der Waals surface area contributed by atoms with Crippen LogP contribution in [-0.2, 0) is 6.42 Å². The second kappa shape index (κ2) is 6.26. The van der Waals surface area contributed by atoms with E-state index in [0.717, 1.165) is 15.7 Å². The molecule has 0 aromatic heterocycles. The van der Waals surface area contributed by atoms with Crippen molar-refractivity contribution in [1.29, 1.82) is 0 Å². The summed E-state index contributed by atoms with van der Waals surface area (Å²) in [6.07, 6.45) is 0.968. The summed E-state index contributed by atoms with van der Waals surface area (Å²) in [5.41, 5.74) is 2.36. The third-order valence-corrected chi connectivity index (χ3v) is 3.90. The number of halogens is 1. The maximum atomic E-state index is 12.4. The summed E-state index contributed by atoms with van der Waals surface area (Å²) < 4.78 is 0.915. The summed E-state index contributed by atoms with van der Waals surface area (Å²) in [7, 11) is 1.71. The van der Waals surface area contributed by atoms with E-state index in [2.05, 4.69) is 29.5 Å². The average Bonchev–Trinajstić information content (AvgIpc) is 2.48. The second-order valence-electron chi connectivity index (χ2n) is 4.55. The van der Waals surface area contributed by atoms with Crippen LogP contribution in [0.3, 0.4) is 0 Å². The summed E-state index contributed by atoms with van der Waals surface area (Å²) >= 11 is 2.12. The van der Waals surface area contributed by atoms with E-state index in [1.165, 1.54) is 5.56 Å². The number of hydrogen-bond donors (Lipinski definition) is 1. The average molecular weight is 381 g/mol. The van der Waals surface area contributed by atoms with Crippen molar-refractivity contribution in [1.82, 2.24) is 0 Å². The smallest absolute Gasteiger partial charge is 0.261 e. The zero-order valence-corrected chi connectivity index (χ0v) is 13.6. The molecule has 0 fully saturated rings. The number of aromatic hydroxyl groups is 1. The maximum Gasteiger partial charge on any atom is 0.261 e. The molecule has 2 aromatic carbocycles. The lowest BCUT2D eigenvalue weighted by Crippen LogP contribution is -2.26. The van der Waals surface area contributed by atoms with Crippen LogP contribution < -0.4 is 4.90 Å². The van der Waals surface area contributed by atoms with Crippen LogP contribution in [0.25, 0.3) is 0 Å².